The Hall–Kier alpha value is -2.79. The van der Waals surface area contributed by atoms with Crippen molar-refractivity contribution in [2.45, 2.75) is 19.4 Å². The number of nitrogens with zero attached hydrogens (tertiary/aromatic N) is 4. The van der Waals surface area contributed by atoms with Gasteiger partial charge in [-0.25, -0.2) is 4.98 Å². The summed E-state index contributed by atoms with van der Waals surface area (Å²) in [6.07, 6.45) is 1.41. The van der Waals surface area contributed by atoms with E-state index in [1.54, 1.807) is 0 Å². The van der Waals surface area contributed by atoms with Crippen molar-refractivity contribution in [2.24, 2.45) is 4.99 Å². The SMILES string of the molecule is Cc1csc([C@@H](C#N)C=NCc2cc([N+](=O)[O-])ccc2[O-])n1. The van der Waals surface area contributed by atoms with Crippen LogP contribution in [0.4, 0.5) is 5.69 Å². The van der Waals surface area contributed by atoms with Crippen LogP contribution in [0.2, 0.25) is 0 Å². The third-order valence-corrected chi connectivity index (χ3v) is 3.86. The van der Waals surface area contributed by atoms with Crippen molar-refractivity contribution in [3.63, 3.8) is 0 Å². The highest BCUT2D eigenvalue weighted by molar-refractivity contribution is 7.09. The van der Waals surface area contributed by atoms with Gasteiger partial charge in [-0.15, -0.1) is 17.1 Å². The zero-order valence-electron chi connectivity index (χ0n) is 11.6. The molecule has 0 aliphatic carbocycles. The zero-order valence-corrected chi connectivity index (χ0v) is 12.4. The zero-order chi connectivity index (χ0) is 16.1. The van der Waals surface area contributed by atoms with Gasteiger partial charge in [0, 0.05) is 29.4 Å². The van der Waals surface area contributed by atoms with Gasteiger partial charge in [0.2, 0.25) is 0 Å². The molecule has 1 aromatic heterocycles. The maximum atomic E-state index is 11.6. The molecule has 0 fully saturated rings. The first kappa shape index (κ1) is 15.6. The first-order valence-electron chi connectivity index (χ1n) is 6.27. The van der Waals surface area contributed by atoms with Gasteiger partial charge in [0.15, 0.2) is 0 Å². The minimum atomic E-state index is -0.590. The van der Waals surface area contributed by atoms with Crippen LogP contribution in [0.5, 0.6) is 5.75 Å². The Morgan fingerprint density at radius 2 is 2.36 bits per heavy atom. The number of nitro benzene ring substituents is 1. The predicted octanol–water partition coefficient (Wildman–Crippen LogP) is 2.31. The Balaban J connectivity index is 2.13. The molecule has 0 N–H and O–H groups in total. The molecule has 112 valence electrons. The first-order chi connectivity index (χ1) is 10.5. The molecule has 0 aliphatic heterocycles. The fourth-order valence-electron chi connectivity index (χ4n) is 1.73. The van der Waals surface area contributed by atoms with Crippen LogP contribution in [0.1, 0.15) is 22.2 Å². The Bertz CT molecular complexity index is 764. The lowest BCUT2D eigenvalue weighted by atomic mass is 10.1. The van der Waals surface area contributed by atoms with Gasteiger partial charge in [-0.05, 0) is 12.5 Å². The molecule has 1 atom stereocenters. The molecule has 0 bridgehead atoms. The average Bonchev–Trinajstić information content (AvgIpc) is 2.91. The summed E-state index contributed by atoms with van der Waals surface area (Å²) in [5, 5.41) is 33.9. The summed E-state index contributed by atoms with van der Waals surface area (Å²) in [6.45, 7) is 1.82. The molecule has 0 unspecified atom stereocenters. The van der Waals surface area contributed by atoms with Gasteiger partial charge in [-0.2, -0.15) is 5.26 Å². The Morgan fingerprint density at radius 1 is 1.59 bits per heavy atom. The number of aromatic nitrogens is 1. The molecule has 0 amide bonds. The second-order valence-corrected chi connectivity index (χ2v) is 5.36. The fourth-order valence-corrected chi connectivity index (χ4v) is 2.53. The van der Waals surface area contributed by atoms with Crippen molar-refractivity contribution < 1.29 is 10.0 Å². The highest BCUT2D eigenvalue weighted by atomic mass is 32.1. The Morgan fingerprint density at radius 3 is 2.95 bits per heavy atom. The lowest BCUT2D eigenvalue weighted by Crippen LogP contribution is -2.00. The number of aliphatic imine (C=N–C) groups is 1. The minimum absolute atomic E-state index is 0.0109. The number of hydrogen-bond donors (Lipinski definition) is 0. The topological polar surface area (TPSA) is 115 Å². The highest BCUT2D eigenvalue weighted by Gasteiger charge is 2.11. The molecule has 7 nitrogen and oxygen atoms in total. The largest absolute Gasteiger partial charge is 0.872 e. The summed E-state index contributed by atoms with van der Waals surface area (Å²) in [7, 11) is 0. The van der Waals surface area contributed by atoms with Crippen molar-refractivity contribution in [2.75, 3.05) is 0 Å². The molecule has 0 radical (unpaired) electrons. The lowest BCUT2D eigenvalue weighted by Gasteiger charge is -2.10. The number of benzene rings is 1. The molecule has 8 heteroatoms. The van der Waals surface area contributed by atoms with E-state index in [2.05, 4.69) is 16.0 Å². The number of nitro groups is 1. The van der Waals surface area contributed by atoms with Crippen LogP contribution in [0.25, 0.3) is 0 Å². The summed E-state index contributed by atoms with van der Waals surface area (Å²) in [5.74, 6) is -0.908. The van der Waals surface area contributed by atoms with Crippen molar-refractivity contribution in [1.82, 2.24) is 4.98 Å². The summed E-state index contributed by atoms with van der Waals surface area (Å²) in [4.78, 5) is 18.4. The van der Waals surface area contributed by atoms with Gasteiger partial charge in [-0.3, -0.25) is 15.1 Å². The Labute approximate surface area is 130 Å². The van der Waals surface area contributed by atoms with Crippen LogP contribution in [0.3, 0.4) is 0 Å². The van der Waals surface area contributed by atoms with Gasteiger partial charge in [0.05, 0.1) is 17.5 Å². The van der Waals surface area contributed by atoms with E-state index in [0.717, 1.165) is 17.8 Å². The van der Waals surface area contributed by atoms with Crippen LogP contribution in [-0.4, -0.2) is 16.1 Å². The van der Waals surface area contributed by atoms with E-state index < -0.39 is 10.8 Å². The lowest BCUT2D eigenvalue weighted by molar-refractivity contribution is -0.385. The summed E-state index contributed by atoms with van der Waals surface area (Å²) in [5.41, 5.74) is 0.892. The van der Waals surface area contributed by atoms with Crippen LogP contribution in [0, 0.1) is 28.4 Å². The maximum Gasteiger partial charge on any atom is 0.269 e. The van der Waals surface area contributed by atoms with E-state index in [4.69, 9.17) is 5.26 Å². The number of thiazole rings is 1. The summed E-state index contributed by atoms with van der Waals surface area (Å²) < 4.78 is 0. The van der Waals surface area contributed by atoms with E-state index in [-0.39, 0.29) is 23.5 Å². The second-order valence-electron chi connectivity index (χ2n) is 4.47. The molecule has 0 aliphatic rings. The second kappa shape index (κ2) is 6.78. The van der Waals surface area contributed by atoms with Crippen LogP contribution < -0.4 is 5.11 Å². The van der Waals surface area contributed by atoms with E-state index in [0.29, 0.717) is 5.01 Å². The molecule has 1 aromatic carbocycles. The molecule has 2 rings (SSSR count). The van der Waals surface area contributed by atoms with Gasteiger partial charge in [0.1, 0.15) is 10.9 Å². The van der Waals surface area contributed by atoms with Crippen molar-refractivity contribution in [3.8, 4) is 11.8 Å². The van der Waals surface area contributed by atoms with Crippen molar-refractivity contribution in [3.05, 3.63) is 50.0 Å². The molecule has 0 spiro atoms. The van der Waals surface area contributed by atoms with Crippen molar-refractivity contribution in [1.29, 1.82) is 5.26 Å². The third-order valence-electron chi connectivity index (χ3n) is 2.81. The quantitative estimate of drug-likeness (QED) is 0.477. The smallest absolute Gasteiger partial charge is 0.269 e. The van der Waals surface area contributed by atoms with Gasteiger partial charge in [-0.1, -0.05) is 6.07 Å². The monoisotopic (exact) mass is 315 g/mol. The molecule has 0 saturated heterocycles. The van der Waals surface area contributed by atoms with Crippen LogP contribution in [0.15, 0.2) is 28.6 Å². The average molecular weight is 315 g/mol. The Kier molecular flexibility index (Phi) is 4.80. The van der Waals surface area contributed by atoms with E-state index in [1.165, 1.54) is 23.6 Å². The van der Waals surface area contributed by atoms with E-state index >= 15 is 0 Å². The summed E-state index contributed by atoms with van der Waals surface area (Å²) in [6, 6.07) is 5.58. The molecular formula is C14H11N4O3S-. The molecule has 22 heavy (non-hydrogen) atoms. The standard InChI is InChI=1S/C14H12N4O3S/c1-9-8-22-14(17-9)11(5-15)7-16-6-10-4-12(18(20)21)2-3-13(10)19/h2-4,7-8,11,19H,6H2,1H3/p-1/t11-/m0/s1. The number of aryl methyl sites for hydroxylation is 1. The third kappa shape index (κ3) is 3.65. The van der Waals surface area contributed by atoms with E-state index in [1.807, 2.05) is 12.3 Å². The number of hydrogen-bond acceptors (Lipinski definition) is 7. The fraction of sp³-hybridized carbons (Fsp3) is 0.214. The number of nitriles is 1. The van der Waals surface area contributed by atoms with Crippen molar-refractivity contribution >= 4 is 23.2 Å². The predicted molar refractivity (Wildman–Crippen MR) is 79.9 cm³/mol. The van der Waals surface area contributed by atoms with Gasteiger partial charge < -0.3 is 5.11 Å². The molecule has 1 heterocycles. The van der Waals surface area contributed by atoms with Crippen LogP contribution >= 0.6 is 11.3 Å². The number of rotatable bonds is 5. The minimum Gasteiger partial charge on any atom is -0.872 e. The number of non-ortho nitro benzene ring substituents is 1. The first-order valence-corrected chi connectivity index (χ1v) is 7.15. The van der Waals surface area contributed by atoms with Gasteiger partial charge >= 0.3 is 0 Å². The normalized spacial score (nSPS) is 12.2. The highest BCUT2D eigenvalue weighted by Crippen LogP contribution is 2.22. The summed E-state index contributed by atoms with van der Waals surface area (Å²) >= 11 is 1.36. The molecule has 0 saturated carbocycles. The van der Waals surface area contributed by atoms with Crippen LogP contribution in [-0.2, 0) is 6.54 Å². The van der Waals surface area contributed by atoms with E-state index in [9.17, 15) is 15.2 Å². The maximum absolute atomic E-state index is 11.6. The van der Waals surface area contributed by atoms with Gasteiger partial charge in [0.25, 0.3) is 5.69 Å². The molecular weight excluding hydrogens is 304 g/mol. The molecule has 2 aromatic rings.